The van der Waals surface area contributed by atoms with Gasteiger partial charge in [-0.1, -0.05) is 17.7 Å². The van der Waals surface area contributed by atoms with Gasteiger partial charge in [0.05, 0.1) is 16.6 Å². The van der Waals surface area contributed by atoms with E-state index in [2.05, 4.69) is 0 Å². The lowest BCUT2D eigenvalue weighted by molar-refractivity contribution is -0.0622. The SMILES string of the molecule is Cc1ccc(S(=O)(=O)N2CC[C@H](O)[C@](C)(O)CC2)cc1. The number of hydrogen-bond donors (Lipinski definition) is 2. The van der Waals surface area contributed by atoms with Gasteiger partial charge in [0.25, 0.3) is 0 Å². The molecular formula is C14H21NO4S. The second kappa shape index (κ2) is 5.44. The van der Waals surface area contributed by atoms with E-state index in [0.717, 1.165) is 5.56 Å². The molecule has 1 saturated heterocycles. The molecule has 0 unspecified atom stereocenters. The molecule has 0 spiro atoms. The molecule has 1 heterocycles. The Labute approximate surface area is 119 Å². The van der Waals surface area contributed by atoms with Crippen molar-refractivity contribution >= 4 is 10.0 Å². The van der Waals surface area contributed by atoms with E-state index in [1.807, 2.05) is 6.92 Å². The molecule has 112 valence electrons. The summed E-state index contributed by atoms with van der Waals surface area (Å²) in [5.74, 6) is 0. The second-order valence-corrected chi connectivity index (χ2v) is 7.57. The fourth-order valence-electron chi connectivity index (χ4n) is 2.31. The van der Waals surface area contributed by atoms with Crippen LogP contribution in [0.3, 0.4) is 0 Å². The van der Waals surface area contributed by atoms with Crippen LogP contribution in [0.15, 0.2) is 29.2 Å². The Morgan fingerprint density at radius 1 is 1.25 bits per heavy atom. The molecule has 1 aromatic carbocycles. The summed E-state index contributed by atoms with van der Waals surface area (Å²) >= 11 is 0. The van der Waals surface area contributed by atoms with Crippen LogP contribution in [0.1, 0.15) is 25.3 Å². The van der Waals surface area contributed by atoms with Gasteiger partial charge >= 0.3 is 0 Å². The first-order valence-electron chi connectivity index (χ1n) is 6.71. The van der Waals surface area contributed by atoms with Gasteiger partial charge in [-0.3, -0.25) is 0 Å². The summed E-state index contributed by atoms with van der Waals surface area (Å²) < 4.78 is 26.4. The van der Waals surface area contributed by atoms with Crippen LogP contribution >= 0.6 is 0 Å². The van der Waals surface area contributed by atoms with Crippen molar-refractivity contribution < 1.29 is 18.6 Å². The van der Waals surface area contributed by atoms with Crippen LogP contribution in [0.5, 0.6) is 0 Å². The molecule has 1 fully saturated rings. The Morgan fingerprint density at radius 3 is 2.45 bits per heavy atom. The summed E-state index contributed by atoms with van der Waals surface area (Å²) in [4.78, 5) is 0.249. The zero-order valence-electron chi connectivity index (χ0n) is 11.8. The molecule has 6 heteroatoms. The third-order valence-electron chi connectivity index (χ3n) is 3.90. The number of aliphatic hydroxyl groups excluding tert-OH is 1. The molecule has 0 amide bonds. The van der Waals surface area contributed by atoms with Gasteiger partial charge in [-0.05, 0) is 38.8 Å². The van der Waals surface area contributed by atoms with Gasteiger partial charge in [-0.25, -0.2) is 8.42 Å². The molecule has 1 aliphatic heterocycles. The third kappa shape index (κ3) is 3.03. The van der Waals surface area contributed by atoms with E-state index in [1.54, 1.807) is 31.2 Å². The molecule has 5 nitrogen and oxygen atoms in total. The Bertz CT molecular complexity index is 565. The molecule has 1 aliphatic rings. The number of benzene rings is 1. The summed E-state index contributed by atoms with van der Waals surface area (Å²) in [5, 5.41) is 19.9. The number of nitrogens with zero attached hydrogens (tertiary/aromatic N) is 1. The van der Waals surface area contributed by atoms with Gasteiger partial charge in [-0.2, -0.15) is 4.31 Å². The molecule has 2 atom stereocenters. The van der Waals surface area contributed by atoms with Crippen molar-refractivity contribution in [1.29, 1.82) is 0 Å². The van der Waals surface area contributed by atoms with Crippen molar-refractivity contribution in [3.05, 3.63) is 29.8 Å². The summed E-state index contributed by atoms with van der Waals surface area (Å²) in [7, 11) is -3.56. The van der Waals surface area contributed by atoms with Crippen molar-refractivity contribution in [3.63, 3.8) is 0 Å². The zero-order chi connectivity index (χ0) is 15.0. The molecule has 0 aliphatic carbocycles. The fourth-order valence-corrected chi connectivity index (χ4v) is 3.76. The lowest BCUT2D eigenvalue weighted by Crippen LogP contribution is -2.39. The van der Waals surface area contributed by atoms with E-state index in [4.69, 9.17) is 0 Å². The molecule has 0 aromatic heterocycles. The predicted molar refractivity (Wildman–Crippen MR) is 75.8 cm³/mol. The predicted octanol–water partition coefficient (Wildman–Crippen LogP) is 0.891. The Kier molecular flexibility index (Phi) is 4.20. The maximum Gasteiger partial charge on any atom is 0.243 e. The number of aliphatic hydroxyl groups is 2. The lowest BCUT2D eigenvalue weighted by atomic mass is 9.94. The van der Waals surface area contributed by atoms with Crippen LogP contribution in [0.4, 0.5) is 0 Å². The number of hydrogen-bond acceptors (Lipinski definition) is 4. The topological polar surface area (TPSA) is 77.8 Å². The summed E-state index contributed by atoms with van der Waals surface area (Å²) in [6.45, 7) is 3.86. The monoisotopic (exact) mass is 299 g/mol. The van der Waals surface area contributed by atoms with E-state index >= 15 is 0 Å². The van der Waals surface area contributed by atoms with Gasteiger partial charge in [0, 0.05) is 13.1 Å². The van der Waals surface area contributed by atoms with Crippen LogP contribution in [-0.2, 0) is 10.0 Å². The third-order valence-corrected chi connectivity index (χ3v) is 5.81. The summed E-state index contributed by atoms with van der Waals surface area (Å²) in [6.07, 6.45) is -0.446. The standard InChI is InChI=1S/C14H21NO4S/c1-11-3-5-12(6-4-11)20(18,19)15-9-7-13(16)14(2,17)8-10-15/h3-6,13,16-17H,7-10H2,1-2H3/t13-,14+/m0/s1. The molecule has 20 heavy (non-hydrogen) atoms. The Hall–Kier alpha value is -0.950. The summed E-state index contributed by atoms with van der Waals surface area (Å²) in [6, 6.07) is 6.69. The van der Waals surface area contributed by atoms with Crippen LogP contribution in [0.2, 0.25) is 0 Å². The highest BCUT2D eigenvalue weighted by Crippen LogP contribution is 2.26. The van der Waals surface area contributed by atoms with Crippen LogP contribution < -0.4 is 0 Å². The highest BCUT2D eigenvalue weighted by molar-refractivity contribution is 7.89. The van der Waals surface area contributed by atoms with E-state index in [9.17, 15) is 18.6 Å². The minimum atomic E-state index is -3.56. The summed E-state index contributed by atoms with van der Waals surface area (Å²) in [5.41, 5.74) is -0.240. The lowest BCUT2D eigenvalue weighted by Gasteiger charge is -2.26. The van der Waals surface area contributed by atoms with E-state index in [0.29, 0.717) is 0 Å². The van der Waals surface area contributed by atoms with Crippen molar-refractivity contribution in [2.75, 3.05) is 13.1 Å². The first-order valence-corrected chi connectivity index (χ1v) is 8.15. The quantitative estimate of drug-likeness (QED) is 0.850. The van der Waals surface area contributed by atoms with Crippen molar-refractivity contribution in [2.45, 2.75) is 43.3 Å². The second-order valence-electron chi connectivity index (χ2n) is 5.63. The van der Waals surface area contributed by atoms with Crippen molar-refractivity contribution in [2.24, 2.45) is 0 Å². The van der Waals surface area contributed by atoms with Crippen molar-refractivity contribution in [1.82, 2.24) is 4.31 Å². The first-order chi connectivity index (χ1) is 9.23. The Balaban J connectivity index is 2.24. The normalized spacial score (nSPS) is 29.1. The van der Waals surface area contributed by atoms with E-state index in [-0.39, 0.29) is 30.8 Å². The molecule has 2 rings (SSSR count). The fraction of sp³-hybridized carbons (Fsp3) is 0.571. The van der Waals surface area contributed by atoms with Gasteiger partial charge in [0.1, 0.15) is 0 Å². The van der Waals surface area contributed by atoms with E-state index in [1.165, 1.54) is 4.31 Å². The highest BCUT2D eigenvalue weighted by Gasteiger charge is 2.37. The number of aryl methyl sites for hydroxylation is 1. The van der Waals surface area contributed by atoms with Crippen LogP contribution in [0, 0.1) is 6.92 Å². The average molecular weight is 299 g/mol. The molecule has 0 radical (unpaired) electrons. The molecule has 2 N–H and O–H groups in total. The minimum Gasteiger partial charge on any atom is -0.390 e. The molecule has 1 aromatic rings. The highest BCUT2D eigenvalue weighted by atomic mass is 32.2. The largest absolute Gasteiger partial charge is 0.390 e. The molecule has 0 bridgehead atoms. The van der Waals surface area contributed by atoms with Gasteiger partial charge < -0.3 is 10.2 Å². The minimum absolute atomic E-state index is 0.209. The van der Waals surface area contributed by atoms with Gasteiger partial charge in [-0.15, -0.1) is 0 Å². The smallest absolute Gasteiger partial charge is 0.243 e. The molecule has 0 saturated carbocycles. The maximum absolute atomic E-state index is 12.5. The van der Waals surface area contributed by atoms with E-state index < -0.39 is 21.7 Å². The number of sulfonamides is 1. The first kappa shape index (κ1) is 15.4. The van der Waals surface area contributed by atoms with Gasteiger partial charge in [0.15, 0.2) is 0 Å². The maximum atomic E-state index is 12.5. The van der Waals surface area contributed by atoms with Crippen LogP contribution in [0.25, 0.3) is 0 Å². The van der Waals surface area contributed by atoms with Gasteiger partial charge in [0.2, 0.25) is 10.0 Å². The Morgan fingerprint density at radius 2 is 1.85 bits per heavy atom. The number of rotatable bonds is 2. The zero-order valence-corrected chi connectivity index (χ0v) is 12.6. The average Bonchev–Trinajstić information content (AvgIpc) is 2.50. The van der Waals surface area contributed by atoms with Crippen molar-refractivity contribution in [3.8, 4) is 0 Å². The van der Waals surface area contributed by atoms with Crippen LogP contribution in [-0.4, -0.2) is 47.7 Å². The molecular weight excluding hydrogens is 278 g/mol.